The van der Waals surface area contributed by atoms with Crippen LogP contribution >= 0.6 is 0 Å². The average Bonchev–Trinajstić information content (AvgIpc) is 3.00. The quantitative estimate of drug-likeness (QED) is 0.249. The molecule has 4 aromatic rings. The number of para-hydroxylation sites is 1. The summed E-state index contributed by atoms with van der Waals surface area (Å²) >= 11 is 0. The molecule has 0 spiro atoms. The molecule has 1 aliphatic rings. The van der Waals surface area contributed by atoms with Crippen molar-refractivity contribution in [3.63, 3.8) is 0 Å². The third-order valence-electron chi connectivity index (χ3n) is 7.60. The van der Waals surface area contributed by atoms with Gasteiger partial charge in [0, 0.05) is 32.1 Å². The van der Waals surface area contributed by atoms with Gasteiger partial charge in [-0.05, 0) is 67.0 Å². The molecule has 1 saturated carbocycles. The van der Waals surface area contributed by atoms with E-state index in [4.69, 9.17) is 19.4 Å². The van der Waals surface area contributed by atoms with Crippen molar-refractivity contribution in [2.45, 2.75) is 44.8 Å². The lowest BCUT2D eigenvalue weighted by molar-refractivity contribution is -0.120. The second-order valence-electron chi connectivity index (χ2n) is 10.9. The van der Waals surface area contributed by atoms with E-state index >= 15 is 0 Å². The molecule has 8 heteroatoms. The van der Waals surface area contributed by atoms with Crippen LogP contribution in [0.5, 0.6) is 11.5 Å². The van der Waals surface area contributed by atoms with E-state index in [1.54, 1.807) is 7.11 Å². The van der Waals surface area contributed by atoms with Crippen molar-refractivity contribution in [3.8, 4) is 11.5 Å². The van der Waals surface area contributed by atoms with Crippen molar-refractivity contribution >= 4 is 28.6 Å². The van der Waals surface area contributed by atoms with Crippen LogP contribution in [0.1, 0.15) is 36.8 Å². The highest BCUT2D eigenvalue weighted by Gasteiger charge is 2.23. The Morgan fingerprint density at radius 3 is 2.41 bits per heavy atom. The Hall–Kier alpha value is -4.33. The van der Waals surface area contributed by atoms with Crippen molar-refractivity contribution in [2.75, 3.05) is 38.0 Å². The zero-order chi connectivity index (χ0) is 28.6. The van der Waals surface area contributed by atoms with Crippen LogP contribution < -0.4 is 25.0 Å². The lowest BCUT2D eigenvalue weighted by Crippen LogP contribution is -2.34. The van der Waals surface area contributed by atoms with Crippen molar-refractivity contribution in [1.82, 2.24) is 15.3 Å². The van der Waals surface area contributed by atoms with Crippen molar-refractivity contribution in [1.29, 1.82) is 0 Å². The Morgan fingerprint density at radius 2 is 1.66 bits per heavy atom. The molecule has 0 radical (unpaired) electrons. The number of amides is 1. The summed E-state index contributed by atoms with van der Waals surface area (Å²) < 4.78 is 11.5. The van der Waals surface area contributed by atoms with Crippen molar-refractivity contribution in [2.24, 2.45) is 5.92 Å². The Morgan fingerprint density at radius 1 is 0.902 bits per heavy atom. The standard InChI is InChI=1S/C33H39N5O3/c1-38(2)32-27-11-7-8-12-28(27)36-33(37-32)35-26-16-13-23(14-17-26)21-34-31(39)20-25-15-18-29(30(19-25)40-3)41-22-24-9-5-4-6-10-24/h4-12,15,18-19,23,26H,13-14,16-17,20-22H2,1-3H3,(H,34,39)(H,35,36,37)/t23-,26+. The summed E-state index contributed by atoms with van der Waals surface area (Å²) in [7, 11) is 5.63. The molecule has 3 aromatic carbocycles. The molecule has 1 aliphatic carbocycles. The van der Waals surface area contributed by atoms with E-state index in [0.29, 0.717) is 49.0 Å². The minimum atomic E-state index is 0.0195. The van der Waals surface area contributed by atoms with Crippen LogP contribution in [0.4, 0.5) is 11.8 Å². The van der Waals surface area contributed by atoms with Crippen molar-refractivity contribution in [3.05, 3.63) is 83.9 Å². The van der Waals surface area contributed by atoms with E-state index in [9.17, 15) is 4.79 Å². The first-order valence-electron chi connectivity index (χ1n) is 14.3. The number of nitrogens with zero attached hydrogens (tertiary/aromatic N) is 3. The molecule has 1 heterocycles. The molecule has 214 valence electrons. The Labute approximate surface area is 242 Å². The normalized spacial score (nSPS) is 16.7. The molecular weight excluding hydrogens is 514 g/mol. The Balaban J connectivity index is 1.08. The second-order valence-corrected chi connectivity index (χ2v) is 10.9. The molecule has 0 unspecified atom stereocenters. The molecule has 0 saturated heterocycles. The van der Waals surface area contributed by atoms with E-state index in [0.717, 1.165) is 53.5 Å². The molecule has 1 aromatic heterocycles. The maximum absolute atomic E-state index is 12.7. The fraction of sp³-hybridized carbons (Fsp3) is 0.364. The van der Waals surface area contributed by atoms with Gasteiger partial charge in [0.15, 0.2) is 11.5 Å². The third kappa shape index (κ3) is 7.45. The first-order valence-corrected chi connectivity index (χ1v) is 14.3. The number of anilines is 2. The van der Waals surface area contributed by atoms with Gasteiger partial charge in [-0.3, -0.25) is 4.79 Å². The molecule has 2 N–H and O–H groups in total. The number of carbonyl (C=O) groups excluding carboxylic acids is 1. The maximum atomic E-state index is 12.7. The first-order chi connectivity index (χ1) is 20.0. The summed E-state index contributed by atoms with van der Waals surface area (Å²) in [5, 5.41) is 7.75. The van der Waals surface area contributed by atoms with Gasteiger partial charge in [0.25, 0.3) is 0 Å². The smallest absolute Gasteiger partial charge is 0.225 e. The number of carbonyl (C=O) groups is 1. The lowest BCUT2D eigenvalue weighted by atomic mass is 9.86. The monoisotopic (exact) mass is 553 g/mol. The predicted octanol–water partition coefficient (Wildman–Crippen LogP) is 5.61. The number of rotatable bonds is 11. The molecule has 1 fully saturated rings. The molecule has 0 aliphatic heterocycles. The van der Waals surface area contributed by atoms with Gasteiger partial charge in [-0.15, -0.1) is 0 Å². The van der Waals surface area contributed by atoms with Crippen LogP contribution in [0.25, 0.3) is 10.9 Å². The third-order valence-corrected chi connectivity index (χ3v) is 7.60. The van der Waals surface area contributed by atoms with Crippen LogP contribution in [0.3, 0.4) is 0 Å². The lowest BCUT2D eigenvalue weighted by Gasteiger charge is -2.29. The number of hydrogen-bond acceptors (Lipinski definition) is 7. The molecule has 1 amide bonds. The largest absolute Gasteiger partial charge is 0.493 e. The van der Waals surface area contributed by atoms with Crippen LogP contribution in [-0.2, 0) is 17.8 Å². The number of fused-ring (bicyclic) bond motifs is 1. The van der Waals surface area contributed by atoms with Gasteiger partial charge < -0.3 is 25.0 Å². The Kier molecular flexibility index (Phi) is 9.19. The summed E-state index contributed by atoms with van der Waals surface area (Å²) in [5.41, 5.74) is 2.92. The van der Waals surface area contributed by atoms with Gasteiger partial charge in [-0.1, -0.05) is 48.5 Å². The summed E-state index contributed by atoms with van der Waals surface area (Å²) in [6, 6.07) is 24.1. The van der Waals surface area contributed by atoms with Crippen LogP contribution in [0.15, 0.2) is 72.8 Å². The fourth-order valence-corrected chi connectivity index (χ4v) is 5.34. The molecule has 8 nitrogen and oxygen atoms in total. The summed E-state index contributed by atoms with van der Waals surface area (Å²) in [6.07, 6.45) is 4.45. The van der Waals surface area contributed by atoms with Gasteiger partial charge in [-0.25, -0.2) is 4.98 Å². The fourth-order valence-electron chi connectivity index (χ4n) is 5.34. The van der Waals surface area contributed by atoms with E-state index < -0.39 is 0 Å². The van der Waals surface area contributed by atoms with Gasteiger partial charge >= 0.3 is 0 Å². The van der Waals surface area contributed by atoms with Crippen LogP contribution in [0.2, 0.25) is 0 Å². The number of benzene rings is 3. The minimum absolute atomic E-state index is 0.0195. The molecule has 0 atom stereocenters. The number of nitrogens with one attached hydrogen (secondary N) is 2. The number of hydrogen-bond donors (Lipinski definition) is 2. The highest BCUT2D eigenvalue weighted by Crippen LogP contribution is 2.30. The highest BCUT2D eigenvalue weighted by molar-refractivity contribution is 5.90. The van der Waals surface area contributed by atoms with E-state index in [2.05, 4.69) is 16.7 Å². The van der Waals surface area contributed by atoms with Gasteiger partial charge in [0.05, 0.1) is 19.0 Å². The molecular formula is C33H39N5O3. The Bertz CT molecular complexity index is 1450. The summed E-state index contributed by atoms with van der Waals surface area (Å²) in [6.45, 7) is 1.15. The number of ether oxygens (including phenoxy) is 2. The molecule has 41 heavy (non-hydrogen) atoms. The van der Waals surface area contributed by atoms with Crippen LogP contribution in [-0.4, -0.2) is 49.7 Å². The van der Waals surface area contributed by atoms with E-state index in [-0.39, 0.29) is 5.91 Å². The van der Waals surface area contributed by atoms with Gasteiger partial charge in [0.1, 0.15) is 12.4 Å². The SMILES string of the molecule is COc1cc(CC(=O)NC[C@H]2CC[C@@H](Nc3nc(N(C)C)c4ccccc4n3)CC2)ccc1OCc1ccccc1. The zero-order valence-corrected chi connectivity index (χ0v) is 24.1. The van der Waals surface area contributed by atoms with Gasteiger partial charge in [-0.2, -0.15) is 4.98 Å². The second kappa shape index (κ2) is 13.4. The predicted molar refractivity (Wildman–Crippen MR) is 164 cm³/mol. The summed E-state index contributed by atoms with van der Waals surface area (Å²) in [4.78, 5) is 24.3. The first kappa shape index (κ1) is 28.2. The highest BCUT2D eigenvalue weighted by atomic mass is 16.5. The van der Waals surface area contributed by atoms with E-state index in [1.165, 1.54) is 0 Å². The minimum Gasteiger partial charge on any atom is -0.493 e. The van der Waals surface area contributed by atoms with Crippen molar-refractivity contribution < 1.29 is 14.3 Å². The van der Waals surface area contributed by atoms with E-state index in [1.807, 2.05) is 85.7 Å². The summed E-state index contributed by atoms with van der Waals surface area (Å²) in [5.74, 6) is 3.38. The topological polar surface area (TPSA) is 88.6 Å². The molecule has 0 bridgehead atoms. The van der Waals surface area contributed by atoms with Crippen LogP contribution in [0, 0.1) is 5.92 Å². The zero-order valence-electron chi connectivity index (χ0n) is 24.1. The average molecular weight is 554 g/mol. The number of methoxy groups -OCH3 is 1. The number of aromatic nitrogens is 2. The maximum Gasteiger partial charge on any atom is 0.225 e. The van der Waals surface area contributed by atoms with Gasteiger partial charge in [0.2, 0.25) is 11.9 Å². The molecule has 5 rings (SSSR count).